The number of esters is 1. The van der Waals surface area contributed by atoms with E-state index in [1.165, 1.54) is 49.4 Å². The number of aromatic nitrogens is 1. The van der Waals surface area contributed by atoms with E-state index in [4.69, 9.17) is 4.74 Å². The molecule has 0 bridgehead atoms. The van der Waals surface area contributed by atoms with E-state index in [1.807, 2.05) is 30.5 Å². The summed E-state index contributed by atoms with van der Waals surface area (Å²) in [5.74, 6) is -4.30. The molecule has 3 aliphatic heterocycles. The van der Waals surface area contributed by atoms with Crippen molar-refractivity contribution in [1.29, 1.82) is 0 Å². The zero-order chi connectivity index (χ0) is 27.8. The van der Waals surface area contributed by atoms with Crippen LogP contribution in [-0.2, 0) is 31.1 Å². The fraction of sp³-hybridized carbons (Fsp3) is 0.200. The number of imide groups is 1. The minimum atomic E-state index is -1.63. The highest BCUT2D eigenvalue weighted by Gasteiger charge is 2.70. The largest absolute Gasteiger partial charge is 0.427 e. The molecule has 4 atom stereocenters. The van der Waals surface area contributed by atoms with Crippen LogP contribution >= 0.6 is 0 Å². The number of fused-ring (bicyclic) bond motifs is 5. The predicted molar refractivity (Wildman–Crippen MR) is 143 cm³/mol. The van der Waals surface area contributed by atoms with Crippen molar-refractivity contribution in [3.05, 3.63) is 89.9 Å². The van der Waals surface area contributed by atoms with Gasteiger partial charge in [-0.2, -0.15) is 0 Å². The van der Waals surface area contributed by atoms with E-state index in [9.17, 15) is 23.6 Å². The van der Waals surface area contributed by atoms with E-state index in [0.717, 1.165) is 21.4 Å². The summed E-state index contributed by atoms with van der Waals surface area (Å²) in [5, 5.41) is 7.11. The van der Waals surface area contributed by atoms with Gasteiger partial charge in [0.1, 0.15) is 17.1 Å². The van der Waals surface area contributed by atoms with Crippen molar-refractivity contribution in [3.63, 3.8) is 0 Å². The monoisotopic (exact) mass is 538 g/mol. The second-order valence-electron chi connectivity index (χ2n) is 10.4. The molecule has 0 radical (unpaired) electrons. The number of carbonyl (C=O) groups excluding carboxylic acids is 4. The van der Waals surface area contributed by atoms with Gasteiger partial charge in [-0.15, -0.1) is 0 Å². The molecule has 10 heteroatoms. The van der Waals surface area contributed by atoms with Crippen LogP contribution in [0.15, 0.2) is 72.9 Å². The first-order chi connectivity index (χ1) is 19.3. The molecule has 0 aliphatic carbocycles. The number of halogens is 1. The van der Waals surface area contributed by atoms with Gasteiger partial charge in [0.05, 0.1) is 17.5 Å². The molecule has 40 heavy (non-hydrogen) atoms. The highest BCUT2D eigenvalue weighted by Crippen LogP contribution is 2.54. The Balaban J connectivity index is 1.34. The normalized spacial score (nSPS) is 25.0. The van der Waals surface area contributed by atoms with Crippen molar-refractivity contribution in [2.45, 2.75) is 24.9 Å². The molecule has 4 aromatic rings. The Morgan fingerprint density at radius 1 is 1.02 bits per heavy atom. The summed E-state index contributed by atoms with van der Waals surface area (Å²) in [7, 11) is 0. The van der Waals surface area contributed by atoms with E-state index < -0.39 is 52.9 Å². The summed E-state index contributed by atoms with van der Waals surface area (Å²) in [6.45, 7) is 1.27. The number of amides is 3. The summed E-state index contributed by atoms with van der Waals surface area (Å²) in [4.78, 5) is 57.5. The van der Waals surface area contributed by atoms with Gasteiger partial charge in [-0.3, -0.25) is 24.5 Å². The molecule has 7 rings (SSSR count). The maximum atomic E-state index is 14.5. The number of hydrogen-bond donors (Lipinski definition) is 3. The Morgan fingerprint density at radius 3 is 2.58 bits per heavy atom. The SMILES string of the molecule is CC(=O)Oc1ccc(N2C(=O)[C@@H]3[C@H](Cc4c[nH]c5ccccc45)N[C@@]4(C(=O)Nc5ccc(F)cc54)[C@@H]3C2=O)cc1. The molecule has 0 unspecified atom stereocenters. The van der Waals surface area contributed by atoms with Gasteiger partial charge in [0.15, 0.2) is 0 Å². The van der Waals surface area contributed by atoms with Gasteiger partial charge in [0.2, 0.25) is 17.7 Å². The van der Waals surface area contributed by atoms with E-state index in [-0.39, 0.29) is 5.75 Å². The summed E-state index contributed by atoms with van der Waals surface area (Å²) in [5.41, 5.74) is 1.22. The van der Waals surface area contributed by atoms with Crippen LogP contribution in [0.4, 0.5) is 15.8 Å². The van der Waals surface area contributed by atoms with Crippen molar-refractivity contribution in [1.82, 2.24) is 10.3 Å². The molecule has 1 aromatic heterocycles. The van der Waals surface area contributed by atoms with Crippen LogP contribution in [0.3, 0.4) is 0 Å². The van der Waals surface area contributed by atoms with Crippen molar-refractivity contribution in [3.8, 4) is 5.75 Å². The summed E-state index contributed by atoms with van der Waals surface area (Å²) in [6.07, 6.45) is 2.21. The van der Waals surface area contributed by atoms with Gasteiger partial charge in [-0.1, -0.05) is 18.2 Å². The maximum absolute atomic E-state index is 14.5. The standard InChI is InChI=1S/C30H23FN4O5/c1-15(36)40-19-9-7-18(8-10-19)35-27(37)25-24(12-16-14-32-22-5-3-2-4-20(16)22)34-30(26(25)28(35)38)21-13-17(31)6-11-23(21)33-29(30)39/h2-11,13-14,24-26,32,34H,12H2,1H3,(H,33,39)/t24-,25+,26-,30+/m0/s1. The minimum absolute atomic E-state index is 0.269. The zero-order valence-corrected chi connectivity index (χ0v) is 21.2. The predicted octanol–water partition coefficient (Wildman–Crippen LogP) is 3.40. The van der Waals surface area contributed by atoms with Gasteiger partial charge >= 0.3 is 5.97 Å². The first-order valence-corrected chi connectivity index (χ1v) is 12.9. The van der Waals surface area contributed by atoms with Crippen molar-refractivity contribution in [2.24, 2.45) is 11.8 Å². The molecule has 3 aromatic carbocycles. The van der Waals surface area contributed by atoms with Crippen LogP contribution in [0, 0.1) is 17.7 Å². The molecule has 3 N–H and O–H groups in total. The Labute approximate surface area is 227 Å². The highest BCUT2D eigenvalue weighted by molar-refractivity contribution is 6.25. The van der Waals surface area contributed by atoms with Crippen LogP contribution in [-0.4, -0.2) is 34.7 Å². The number of anilines is 2. The zero-order valence-electron chi connectivity index (χ0n) is 21.2. The molecular weight excluding hydrogens is 515 g/mol. The average molecular weight is 539 g/mol. The Kier molecular flexibility index (Phi) is 5.20. The summed E-state index contributed by atoms with van der Waals surface area (Å²) < 4.78 is 19.6. The number of ether oxygens (including phenoxy) is 1. The fourth-order valence-corrected chi connectivity index (χ4v) is 6.57. The molecule has 1 spiro atoms. The molecular formula is C30H23FN4O5. The van der Waals surface area contributed by atoms with Crippen LogP contribution in [0.5, 0.6) is 5.75 Å². The number of nitrogens with one attached hydrogen (secondary N) is 3. The number of benzene rings is 3. The molecule has 2 fully saturated rings. The summed E-state index contributed by atoms with van der Waals surface area (Å²) in [6, 6.07) is 17.1. The lowest BCUT2D eigenvalue weighted by Gasteiger charge is -2.29. The second-order valence-corrected chi connectivity index (χ2v) is 10.4. The summed E-state index contributed by atoms with van der Waals surface area (Å²) >= 11 is 0. The third-order valence-electron chi connectivity index (χ3n) is 8.15. The lowest BCUT2D eigenvalue weighted by atomic mass is 9.76. The lowest BCUT2D eigenvalue weighted by molar-refractivity contribution is -0.132. The Bertz CT molecular complexity index is 1750. The van der Waals surface area contributed by atoms with Crippen LogP contribution < -0.4 is 20.3 Å². The van der Waals surface area contributed by atoms with Gasteiger partial charge in [0, 0.05) is 41.3 Å². The van der Waals surface area contributed by atoms with E-state index >= 15 is 0 Å². The number of aromatic amines is 1. The number of rotatable bonds is 4. The third-order valence-corrected chi connectivity index (χ3v) is 8.15. The quantitative estimate of drug-likeness (QED) is 0.208. The van der Waals surface area contributed by atoms with Crippen molar-refractivity contribution in [2.75, 3.05) is 10.2 Å². The number of H-pyrrole nitrogens is 1. The van der Waals surface area contributed by atoms with Gasteiger partial charge in [-0.25, -0.2) is 9.29 Å². The maximum Gasteiger partial charge on any atom is 0.308 e. The van der Waals surface area contributed by atoms with E-state index in [2.05, 4.69) is 15.6 Å². The lowest BCUT2D eigenvalue weighted by Crippen LogP contribution is -2.53. The first-order valence-electron chi connectivity index (χ1n) is 12.9. The number of para-hydroxylation sites is 1. The number of nitrogens with zero attached hydrogens (tertiary/aromatic N) is 1. The number of hydrogen-bond acceptors (Lipinski definition) is 6. The van der Waals surface area contributed by atoms with E-state index in [1.54, 1.807) is 0 Å². The topological polar surface area (TPSA) is 121 Å². The van der Waals surface area contributed by atoms with Crippen LogP contribution in [0.2, 0.25) is 0 Å². The molecule has 9 nitrogen and oxygen atoms in total. The molecule has 3 amide bonds. The molecule has 0 saturated carbocycles. The average Bonchev–Trinajstić information content (AvgIpc) is 3.64. The smallest absolute Gasteiger partial charge is 0.308 e. The van der Waals surface area contributed by atoms with Gasteiger partial charge in [0.25, 0.3) is 0 Å². The number of carbonyl (C=O) groups is 4. The molecule has 2 saturated heterocycles. The van der Waals surface area contributed by atoms with Crippen LogP contribution in [0.25, 0.3) is 10.9 Å². The highest BCUT2D eigenvalue weighted by atomic mass is 19.1. The second kappa shape index (κ2) is 8.59. The molecule has 200 valence electrons. The van der Waals surface area contributed by atoms with E-state index in [0.29, 0.717) is 23.4 Å². The third kappa shape index (κ3) is 3.35. The van der Waals surface area contributed by atoms with Gasteiger partial charge in [-0.05, 0) is 60.5 Å². The Hall–Kier alpha value is -4.83. The van der Waals surface area contributed by atoms with Crippen molar-refractivity contribution >= 4 is 46.0 Å². The first kappa shape index (κ1) is 24.2. The minimum Gasteiger partial charge on any atom is -0.427 e. The van der Waals surface area contributed by atoms with Crippen LogP contribution in [0.1, 0.15) is 18.1 Å². The van der Waals surface area contributed by atoms with Crippen molar-refractivity contribution < 1.29 is 28.3 Å². The molecule has 3 aliphatic rings. The van der Waals surface area contributed by atoms with Gasteiger partial charge < -0.3 is 15.0 Å². The Morgan fingerprint density at radius 2 is 1.80 bits per heavy atom. The molecule has 4 heterocycles. The fourth-order valence-electron chi connectivity index (χ4n) is 6.57.